The Bertz CT molecular complexity index is 636. The molecule has 5 nitrogen and oxygen atoms in total. The molecule has 3 rings (SSSR count). The van der Waals surface area contributed by atoms with Crippen LogP contribution in [0.5, 0.6) is 5.75 Å². The lowest BCUT2D eigenvalue weighted by Crippen LogP contribution is -2.31. The summed E-state index contributed by atoms with van der Waals surface area (Å²) in [5.41, 5.74) is 0.379. The van der Waals surface area contributed by atoms with Crippen molar-refractivity contribution in [2.45, 2.75) is 32.3 Å². The fourth-order valence-corrected chi connectivity index (χ4v) is 2.52. The summed E-state index contributed by atoms with van der Waals surface area (Å²) in [6.45, 7) is 5.28. The quantitative estimate of drug-likeness (QED) is 0.870. The highest BCUT2D eigenvalue weighted by molar-refractivity contribution is 5.92. The van der Waals surface area contributed by atoms with Crippen LogP contribution in [-0.4, -0.2) is 35.2 Å². The van der Waals surface area contributed by atoms with Gasteiger partial charge in [0.2, 0.25) is 0 Å². The Morgan fingerprint density at radius 3 is 2.82 bits per heavy atom. The molecule has 5 heteroatoms. The molecule has 0 N–H and O–H groups in total. The summed E-state index contributed by atoms with van der Waals surface area (Å²) in [4.78, 5) is 14.2. The largest absolute Gasteiger partial charge is 0.489 e. The van der Waals surface area contributed by atoms with Gasteiger partial charge in [-0.15, -0.1) is 0 Å². The maximum Gasteiger partial charge on any atom is 0.276 e. The Balaban J connectivity index is 1.60. The zero-order valence-electron chi connectivity index (χ0n) is 12.9. The standard InChI is InChI=1S/C17H20N2O3/c1-12(2)16-10-15(18-22-16)17(20)19-9-8-14(11-19)21-13-6-4-3-5-7-13/h3-7,10,12,14H,8-9,11H2,1-2H3/t14-/m1/s1. The van der Waals surface area contributed by atoms with Crippen molar-refractivity contribution in [2.24, 2.45) is 0 Å². The van der Waals surface area contributed by atoms with E-state index in [2.05, 4.69) is 5.16 Å². The number of benzene rings is 1. The van der Waals surface area contributed by atoms with E-state index >= 15 is 0 Å². The average Bonchev–Trinajstić information content (AvgIpc) is 3.17. The van der Waals surface area contributed by atoms with Crippen molar-refractivity contribution in [1.82, 2.24) is 10.1 Å². The molecule has 1 aliphatic heterocycles. The van der Waals surface area contributed by atoms with Gasteiger partial charge >= 0.3 is 0 Å². The third kappa shape index (κ3) is 3.13. The van der Waals surface area contributed by atoms with Crippen molar-refractivity contribution in [3.63, 3.8) is 0 Å². The van der Waals surface area contributed by atoms with Crippen LogP contribution in [0.15, 0.2) is 40.9 Å². The highest BCUT2D eigenvalue weighted by Crippen LogP contribution is 2.21. The number of ether oxygens (including phenoxy) is 1. The molecule has 1 fully saturated rings. The van der Waals surface area contributed by atoms with Gasteiger partial charge in [-0.05, 0) is 12.1 Å². The Labute approximate surface area is 129 Å². The van der Waals surface area contributed by atoms with E-state index in [0.717, 1.165) is 17.9 Å². The van der Waals surface area contributed by atoms with Crippen molar-refractivity contribution in [3.05, 3.63) is 47.9 Å². The van der Waals surface area contributed by atoms with Gasteiger partial charge in [-0.3, -0.25) is 4.79 Å². The van der Waals surface area contributed by atoms with Gasteiger partial charge in [0.25, 0.3) is 5.91 Å². The smallest absolute Gasteiger partial charge is 0.276 e. The number of likely N-dealkylation sites (tertiary alicyclic amines) is 1. The third-order valence-electron chi connectivity index (χ3n) is 3.79. The van der Waals surface area contributed by atoms with E-state index in [1.54, 1.807) is 11.0 Å². The molecular formula is C17H20N2O3. The molecule has 1 saturated heterocycles. The fourth-order valence-electron chi connectivity index (χ4n) is 2.52. The van der Waals surface area contributed by atoms with Crippen molar-refractivity contribution >= 4 is 5.91 Å². The number of amides is 1. The van der Waals surface area contributed by atoms with Crippen LogP contribution in [0.3, 0.4) is 0 Å². The van der Waals surface area contributed by atoms with Crippen molar-refractivity contribution < 1.29 is 14.1 Å². The molecule has 1 amide bonds. The molecule has 1 aliphatic rings. The predicted molar refractivity (Wildman–Crippen MR) is 82.0 cm³/mol. The zero-order chi connectivity index (χ0) is 15.5. The first kappa shape index (κ1) is 14.6. The van der Waals surface area contributed by atoms with E-state index in [-0.39, 0.29) is 17.9 Å². The lowest BCUT2D eigenvalue weighted by Gasteiger charge is -2.16. The molecule has 0 unspecified atom stereocenters. The number of rotatable bonds is 4. The van der Waals surface area contributed by atoms with Gasteiger partial charge in [0, 0.05) is 24.9 Å². The van der Waals surface area contributed by atoms with Gasteiger partial charge in [-0.1, -0.05) is 37.2 Å². The van der Waals surface area contributed by atoms with Crippen LogP contribution in [0.25, 0.3) is 0 Å². The number of carbonyl (C=O) groups excluding carboxylic acids is 1. The lowest BCUT2D eigenvalue weighted by atomic mass is 10.1. The summed E-state index contributed by atoms with van der Waals surface area (Å²) in [5.74, 6) is 1.71. The van der Waals surface area contributed by atoms with E-state index in [9.17, 15) is 4.79 Å². The molecule has 2 aromatic rings. The predicted octanol–water partition coefficient (Wildman–Crippen LogP) is 3.09. The molecule has 1 atom stereocenters. The van der Waals surface area contributed by atoms with Crippen LogP contribution >= 0.6 is 0 Å². The number of hydrogen-bond donors (Lipinski definition) is 0. The number of aromatic nitrogens is 1. The third-order valence-corrected chi connectivity index (χ3v) is 3.79. The van der Waals surface area contributed by atoms with Crippen molar-refractivity contribution in [2.75, 3.05) is 13.1 Å². The Morgan fingerprint density at radius 1 is 1.36 bits per heavy atom. The average molecular weight is 300 g/mol. The molecule has 116 valence electrons. The van der Waals surface area contributed by atoms with Gasteiger partial charge in [0.15, 0.2) is 5.69 Å². The summed E-state index contributed by atoms with van der Waals surface area (Å²) < 4.78 is 11.1. The second kappa shape index (κ2) is 6.22. The van der Waals surface area contributed by atoms with Crippen molar-refractivity contribution in [1.29, 1.82) is 0 Å². The first-order valence-corrected chi connectivity index (χ1v) is 7.61. The lowest BCUT2D eigenvalue weighted by molar-refractivity contribution is 0.0762. The second-order valence-corrected chi connectivity index (χ2v) is 5.86. The summed E-state index contributed by atoms with van der Waals surface area (Å²) in [7, 11) is 0. The van der Waals surface area contributed by atoms with E-state index < -0.39 is 0 Å². The van der Waals surface area contributed by atoms with Crippen LogP contribution in [0.2, 0.25) is 0 Å². The number of carbonyl (C=O) groups is 1. The highest BCUT2D eigenvalue weighted by atomic mass is 16.5. The van der Waals surface area contributed by atoms with E-state index in [1.807, 2.05) is 44.2 Å². The first-order chi connectivity index (χ1) is 10.6. The van der Waals surface area contributed by atoms with E-state index in [4.69, 9.17) is 9.26 Å². The van der Waals surface area contributed by atoms with Gasteiger partial charge in [-0.2, -0.15) is 0 Å². The van der Waals surface area contributed by atoms with Gasteiger partial charge in [0.05, 0.1) is 6.54 Å². The highest BCUT2D eigenvalue weighted by Gasteiger charge is 2.30. The Morgan fingerprint density at radius 2 is 2.14 bits per heavy atom. The van der Waals surface area contributed by atoms with Crippen LogP contribution < -0.4 is 4.74 Å². The maximum atomic E-state index is 12.4. The van der Waals surface area contributed by atoms with E-state index in [1.165, 1.54) is 0 Å². The molecule has 0 aliphatic carbocycles. The number of nitrogens with zero attached hydrogens (tertiary/aromatic N) is 2. The molecule has 22 heavy (non-hydrogen) atoms. The van der Waals surface area contributed by atoms with Crippen LogP contribution in [0, 0.1) is 0 Å². The first-order valence-electron chi connectivity index (χ1n) is 7.61. The molecule has 0 bridgehead atoms. The van der Waals surface area contributed by atoms with Gasteiger partial charge < -0.3 is 14.2 Å². The zero-order valence-corrected chi connectivity index (χ0v) is 12.9. The molecule has 1 aromatic carbocycles. The van der Waals surface area contributed by atoms with Crippen LogP contribution in [-0.2, 0) is 0 Å². The Hall–Kier alpha value is -2.30. The maximum absolute atomic E-state index is 12.4. The number of para-hydroxylation sites is 1. The number of hydrogen-bond acceptors (Lipinski definition) is 4. The molecule has 0 radical (unpaired) electrons. The normalized spacial score (nSPS) is 18.0. The summed E-state index contributed by atoms with van der Waals surface area (Å²) in [5, 5.41) is 3.88. The molecule has 2 heterocycles. The minimum atomic E-state index is -0.0881. The minimum Gasteiger partial charge on any atom is -0.489 e. The second-order valence-electron chi connectivity index (χ2n) is 5.86. The van der Waals surface area contributed by atoms with Crippen LogP contribution in [0.1, 0.15) is 42.4 Å². The monoisotopic (exact) mass is 300 g/mol. The summed E-state index contributed by atoms with van der Waals surface area (Å²) in [6.07, 6.45) is 0.859. The SMILES string of the molecule is CC(C)c1cc(C(=O)N2CC[C@@H](Oc3ccccc3)C2)no1. The van der Waals surface area contributed by atoms with E-state index in [0.29, 0.717) is 18.8 Å². The Kier molecular flexibility index (Phi) is 4.13. The summed E-state index contributed by atoms with van der Waals surface area (Å²) in [6, 6.07) is 11.4. The van der Waals surface area contributed by atoms with Crippen molar-refractivity contribution in [3.8, 4) is 5.75 Å². The van der Waals surface area contributed by atoms with Gasteiger partial charge in [0.1, 0.15) is 17.6 Å². The molecule has 1 aromatic heterocycles. The van der Waals surface area contributed by atoms with Gasteiger partial charge in [-0.25, -0.2) is 0 Å². The minimum absolute atomic E-state index is 0.0304. The van der Waals surface area contributed by atoms with Crippen LogP contribution in [0.4, 0.5) is 0 Å². The molecular weight excluding hydrogens is 280 g/mol. The summed E-state index contributed by atoms with van der Waals surface area (Å²) >= 11 is 0. The molecule has 0 spiro atoms. The fraction of sp³-hybridized carbons (Fsp3) is 0.412. The topological polar surface area (TPSA) is 55.6 Å². The molecule has 0 saturated carbocycles.